The van der Waals surface area contributed by atoms with E-state index in [9.17, 15) is 15.2 Å². The fraction of sp³-hybridized carbons (Fsp3) is 0.143. The fourth-order valence-corrected chi connectivity index (χ4v) is 2.48. The van der Waals surface area contributed by atoms with Gasteiger partial charge in [-0.2, -0.15) is 0 Å². The van der Waals surface area contributed by atoms with Crippen LogP contribution in [0, 0.1) is 10.1 Å². The average molecular weight is 291 g/mol. The lowest BCUT2D eigenvalue weighted by Crippen LogP contribution is -1.97. The van der Waals surface area contributed by atoms with Crippen molar-refractivity contribution in [2.75, 3.05) is 6.61 Å². The first-order valence-electron chi connectivity index (χ1n) is 5.98. The third-order valence-corrected chi connectivity index (χ3v) is 3.50. The van der Waals surface area contributed by atoms with E-state index >= 15 is 0 Å². The van der Waals surface area contributed by atoms with Crippen LogP contribution in [-0.2, 0) is 0 Å². The van der Waals surface area contributed by atoms with Crippen LogP contribution >= 0.6 is 11.8 Å². The molecule has 2 aromatic carbocycles. The van der Waals surface area contributed by atoms with E-state index in [1.54, 1.807) is 43.3 Å². The highest BCUT2D eigenvalue weighted by molar-refractivity contribution is 7.99. The third-order valence-electron chi connectivity index (χ3n) is 2.50. The van der Waals surface area contributed by atoms with Crippen molar-refractivity contribution in [1.29, 1.82) is 0 Å². The standard InChI is InChI=1S/C14H13NO4S/c1-2-19-14-9-12(7-8-13(14)15(17)18)20-11-5-3-10(16)4-6-11/h3-9,16H,2H2,1H3. The number of nitro groups is 1. The number of phenolic OH excluding ortho intramolecular Hbond substituents is 1. The molecule has 104 valence electrons. The number of phenols is 1. The van der Waals surface area contributed by atoms with Gasteiger partial charge in [0.1, 0.15) is 5.75 Å². The first kappa shape index (κ1) is 14.2. The van der Waals surface area contributed by atoms with Crippen LogP contribution in [0.15, 0.2) is 52.3 Å². The number of nitro benzene ring substituents is 1. The van der Waals surface area contributed by atoms with Crippen molar-refractivity contribution in [3.63, 3.8) is 0 Å². The molecule has 0 aliphatic rings. The maximum absolute atomic E-state index is 10.9. The molecule has 5 nitrogen and oxygen atoms in total. The first-order chi connectivity index (χ1) is 9.60. The van der Waals surface area contributed by atoms with Gasteiger partial charge in [0.2, 0.25) is 0 Å². The van der Waals surface area contributed by atoms with Gasteiger partial charge in [-0.15, -0.1) is 0 Å². The van der Waals surface area contributed by atoms with E-state index < -0.39 is 4.92 Å². The van der Waals surface area contributed by atoms with E-state index in [1.807, 2.05) is 0 Å². The van der Waals surface area contributed by atoms with Crippen molar-refractivity contribution >= 4 is 17.4 Å². The summed E-state index contributed by atoms with van der Waals surface area (Å²) in [6, 6.07) is 11.5. The number of ether oxygens (including phenoxy) is 1. The molecular weight excluding hydrogens is 278 g/mol. The minimum atomic E-state index is -0.458. The molecule has 0 atom stereocenters. The van der Waals surface area contributed by atoms with Crippen molar-refractivity contribution in [3.8, 4) is 11.5 Å². The highest BCUT2D eigenvalue weighted by Gasteiger charge is 2.15. The Balaban J connectivity index is 2.26. The summed E-state index contributed by atoms with van der Waals surface area (Å²) in [5, 5.41) is 20.1. The summed E-state index contributed by atoms with van der Waals surface area (Å²) >= 11 is 1.44. The van der Waals surface area contributed by atoms with E-state index in [-0.39, 0.29) is 17.2 Å². The molecule has 0 heterocycles. The van der Waals surface area contributed by atoms with Gasteiger partial charge in [-0.3, -0.25) is 10.1 Å². The summed E-state index contributed by atoms with van der Waals surface area (Å²) in [5.74, 6) is 0.467. The molecule has 0 fully saturated rings. The van der Waals surface area contributed by atoms with Crippen molar-refractivity contribution < 1.29 is 14.8 Å². The van der Waals surface area contributed by atoms with Crippen molar-refractivity contribution in [1.82, 2.24) is 0 Å². The summed E-state index contributed by atoms with van der Waals surface area (Å²) in [4.78, 5) is 12.2. The number of hydrogen-bond acceptors (Lipinski definition) is 5. The predicted molar refractivity (Wildman–Crippen MR) is 76.5 cm³/mol. The van der Waals surface area contributed by atoms with E-state index in [0.29, 0.717) is 6.61 Å². The maximum atomic E-state index is 10.9. The Labute approximate surface area is 120 Å². The summed E-state index contributed by atoms with van der Waals surface area (Å²) < 4.78 is 5.30. The first-order valence-corrected chi connectivity index (χ1v) is 6.80. The molecule has 0 spiro atoms. The molecule has 20 heavy (non-hydrogen) atoms. The molecule has 0 unspecified atom stereocenters. The van der Waals surface area contributed by atoms with Crippen molar-refractivity contribution in [2.24, 2.45) is 0 Å². The third kappa shape index (κ3) is 3.42. The van der Waals surface area contributed by atoms with Crippen LogP contribution in [-0.4, -0.2) is 16.6 Å². The number of nitrogens with zero attached hydrogens (tertiary/aromatic N) is 1. The molecule has 2 rings (SSSR count). The molecule has 0 aliphatic heterocycles. The number of benzene rings is 2. The monoisotopic (exact) mass is 291 g/mol. The van der Waals surface area contributed by atoms with Crippen molar-refractivity contribution in [3.05, 3.63) is 52.6 Å². The zero-order valence-electron chi connectivity index (χ0n) is 10.8. The number of hydrogen-bond donors (Lipinski definition) is 1. The van der Waals surface area contributed by atoms with E-state index in [0.717, 1.165) is 9.79 Å². The van der Waals surface area contributed by atoms with Crippen LogP contribution in [0.1, 0.15) is 6.92 Å². The molecule has 0 saturated heterocycles. The largest absolute Gasteiger partial charge is 0.508 e. The van der Waals surface area contributed by atoms with Crippen LogP contribution in [0.25, 0.3) is 0 Å². The molecular formula is C14H13NO4S. The Morgan fingerprint density at radius 3 is 2.45 bits per heavy atom. The molecule has 6 heteroatoms. The van der Waals surface area contributed by atoms with Gasteiger partial charge < -0.3 is 9.84 Å². The topological polar surface area (TPSA) is 72.6 Å². The quantitative estimate of drug-likeness (QED) is 0.669. The van der Waals surface area contributed by atoms with Crippen molar-refractivity contribution in [2.45, 2.75) is 16.7 Å². The zero-order valence-corrected chi connectivity index (χ0v) is 11.6. The number of aromatic hydroxyl groups is 1. The zero-order chi connectivity index (χ0) is 14.5. The minimum absolute atomic E-state index is 0.0399. The Bertz CT molecular complexity index is 613. The highest BCUT2D eigenvalue weighted by Crippen LogP contribution is 2.35. The van der Waals surface area contributed by atoms with Gasteiger partial charge in [0.05, 0.1) is 11.5 Å². The van der Waals surface area contributed by atoms with E-state index in [4.69, 9.17) is 4.74 Å². The molecule has 0 bridgehead atoms. The average Bonchev–Trinajstić information content (AvgIpc) is 2.42. The summed E-state index contributed by atoms with van der Waals surface area (Å²) in [6.07, 6.45) is 0. The molecule has 0 radical (unpaired) electrons. The maximum Gasteiger partial charge on any atom is 0.310 e. The Kier molecular flexibility index (Phi) is 4.47. The van der Waals surface area contributed by atoms with Gasteiger partial charge >= 0.3 is 5.69 Å². The van der Waals surface area contributed by atoms with Gasteiger partial charge in [0, 0.05) is 21.9 Å². The summed E-state index contributed by atoms with van der Waals surface area (Å²) in [6.45, 7) is 2.15. The second-order valence-electron chi connectivity index (χ2n) is 3.92. The second-order valence-corrected chi connectivity index (χ2v) is 5.06. The number of rotatable bonds is 5. The van der Waals surface area contributed by atoms with Crippen LogP contribution in [0.3, 0.4) is 0 Å². The van der Waals surface area contributed by atoms with Crippen LogP contribution in [0.4, 0.5) is 5.69 Å². The summed E-state index contributed by atoms with van der Waals surface area (Å²) in [7, 11) is 0. The molecule has 0 amide bonds. The molecule has 0 saturated carbocycles. The lowest BCUT2D eigenvalue weighted by molar-refractivity contribution is -0.385. The van der Waals surface area contributed by atoms with Gasteiger partial charge in [-0.1, -0.05) is 11.8 Å². The lowest BCUT2D eigenvalue weighted by Gasteiger charge is -2.07. The van der Waals surface area contributed by atoms with Gasteiger partial charge in [-0.05, 0) is 37.3 Å². The molecule has 0 aliphatic carbocycles. The van der Waals surface area contributed by atoms with Crippen LogP contribution in [0.2, 0.25) is 0 Å². The lowest BCUT2D eigenvalue weighted by atomic mass is 10.3. The predicted octanol–water partition coefficient (Wildman–Crippen LogP) is 3.85. The Hall–Kier alpha value is -2.21. The van der Waals surface area contributed by atoms with Crippen LogP contribution < -0.4 is 4.74 Å². The fourth-order valence-electron chi connectivity index (χ4n) is 1.63. The highest BCUT2D eigenvalue weighted by atomic mass is 32.2. The summed E-state index contributed by atoms with van der Waals surface area (Å²) in [5.41, 5.74) is -0.0399. The molecule has 0 aromatic heterocycles. The molecule has 1 N–H and O–H groups in total. The normalized spacial score (nSPS) is 10.2. The second kappa shape index (κ2) is 6.29. The smallest absolute Gasteiger partial charge is 0.310 e. The van der Waals surface area contributed by atoms with Gasteiger partial charge in [-0.25, -0.2) is 0 Å². The van der Waals surface area contributed by atoms with E-state index in [2.05, 4.69) is 0 Å². The Morgan fingerprint density at radius 1 is 1.20 bits per heavy atom. The van der Waals surface area contributed by atoms with Gasteiger partial charge in [0.25, 0.3) is 0 Å². The Morgan fingerprint density at radius 2 is 1.85 bits per heavy atom. The van der Waals surface area contributed by atoms with E-state index in [1.165, 1.54) is 17.8 Å². The van der Waals surface area contributed by atoms with Crippen LogP contribution in [0.5, 0.6) is 11.5 Å². The SMILES string of the molecule is CCOc1cc(Sc2ccc(O)cc2)ccc1[N+](=O)[O-]. The minimum Gasteiger partial charge on any atom is -0.508 e. The molecule has 2 aromatic rings. The van der Waals surface area contributed by atoms with Gasteiger partial charge in [0.15, 0.2) is 5.75 Å².